The molecule has 4 heteroatoms. The second kappa shape index (κ2) is 3.87. The van der Waals surface area contributed by atoms with Gasteiger partial charge in [0.15, 0.2) is 0 Å². The van der Waals surface area contributed by atoms with Crippen molar-refractivity contribution in [1.82, 2.24) is 5.32 Å². The van der Waals surface area contributed by atoms with E-state index < -0.39 is 0 Å². The number of hydrogen-bond acceptors (Lipinski definition) is 3. The topological polar surface area (TPSA) is 75.4 Å². The van der Waals surface area contributed by atoms with Gasteiger partial charge in [-0.25, -0.2) is 0 Å². The van der Waals surface area contributed by atoms with Gasteiger partial charge in [-0.05, 0) is 24.7 Å². The maximum atomic E-state index is 10.4. The number of aliphatic hydroxyl groups is 1. The molecule has 12 heavy (non-hydrogen) atoms. The summed E-state index contributed by atoms with van der Waals surface area (Å²) < 4.78 is 0. The number of rotatable bonds is 6. The third-order valence-corrected chi connectivity index (χ3v) is 2.40. The van der Waals surface area contributed by atoms with Crippen LogP contribution in [0.15, 0.2) is 0 Å². The molecule has 0 bridgehead atoms. The highest BCUT2D eigenvalue weighted by atomic mass is 16.3. The lowest BCUT2D eigenvalue weighted by Gasteiger charge is -2.13. The van der Waals surface area contributed by atoms with Crippen LogP contribution in [0, 0.1) is 5.41 Å². The first-order valence-corrected chi connectivity index (χ1v) is 4.28. The van der Waals surface area contributed by atoms with Gasteiger partial charge in [0.25, 0.3) is 0 Å². The van der Waals surface area contributed by atoms with Crippen LogP contribution in [0.25, 0.3) is 0 Å². The summed E-state index contributed by atoms with van der Waals surface area (Å²) >= 11 is 0. The number of amides is 1. The van der Waals surface area contributed by atoms with E-state index in [1.165, 1.54) is 0 Å². The molecule has 1 aliphatic carbocycles. The van der Waals surface area contributed by atoms with E-state index in [1.807, 2.05) is 0 Å². The number of hydrogen-bond donors (Lipinski definition) is 3. The zero-order chi connectivity index (χ0) is 9.03. The molecule has 1 aliphatic rings. The molecular weight excluding hydrogens is 156 g/mol. The van der Waals surface area contributed by atoms with Crippen LogP contribution >= 0.6 is 0 Å². The van der Waals surface area contributed by atoms with Gasteiger partial charge in [0.2, 0.25) is 5.91 Å². The first-order chi connectivity index (χ1) is 5.68. The van der Waals surface area contributed by atoms with Crippen molar-refractivity contribution in [1.29, 1.82) is 0 Å². The summed E-state index contributed by atoms with van der Waals surface area (Å²) in [4.78, 5) is 10.4. The van der Waals surface area contributed by atoms with E-state index >= 15 is 0 Å². The summed E-state index contributed by atoms with van der Waals surface area (Å²) in [5.41, 5.74) is 5.23. The van der Waals surface area contributed by atoms with Crippen molar-refractivity contribution in [3.63, 3.8) is 0 Å². The van der Waals surface area contributed by atoms with Crippen molar-refractivity contribution < 1.29 is 9.90 Å². The van der Waals surface area contributed by atoms with Gasteiger partial charge in [-0.2, -0.15) is 0 Å². The van der Waals surface area contributed by atoms with Crippen molar-refractivity contribution in [3.8, 4) is 0 Å². The Kier molecular flexibility index (Phi) is 3.05. The zero-order valence-corrected chi connectivity index (χ0v) is 7.18. The first-order valence-electron chi connectivity index (χ1n) is 4.28. The van der Waals surface area contributed by atoms with Gasteiger partial charge in [0.05, 0.1) is 6.54 Å². The highest BCUT2D eigenvalue weighted by Crippen LogP contribution is 2.47. The van der Waals surface area contributed by atoms with E-state index in [2.05, 4.69) is 5.32 Å². The third kappa shape index (κ3) is 2.79. The minimum absolute atomic E-state index is 0.234. The van der Waals surface area contributed by atoms with E-state index in [9.17, 15) is 4.79 Å². The molecule has 1 rings (SSSR count). The van der Waals surface area contributed by atoms with Crippen molar-refractivity contribution in [2.75, 3.05) is 19.7 Å². The van der Waals surface area contributed by atoms with Crippen LogP contribution in [0.2, 0.25) is 0 Å². The lowest BCUT2D eigenvalue weighted by atomic mass is 10.0. The summed E-state index contributed by atoms with van der Waals surface area (Å²) in [7, 11) is 0. The summed E-state index contributed by atoms with van der Waals surface area (Å²) in [5, 5.41) is 11.7. The van der Waals surface area contributed by atoms with Gasteiger partial charge in [-0.1, -0.05) is 0 Å². The Hall–Kier alpha value is -0.610. The van der Waals surface area contributed by atoms with Crippen LogP contribution < -0.4 is 11.1 Å². The summed E-state index contributed by atoms with van der Waals surface area (Å²) in [5.74, 6) is -0.324. The fourth-order valence-corrected chi connectivity index (χ4v) is 1.38. The van der Waals surface area contributed by atoms with Crippen LogP contribution in [-0.2, 0) is 4.79 Å². The Morgan fingerprint density at radius 3 is 2.67 bits per heavy atom. The molecule has 0 unspecified atom stereocenters. The van der Waals surface area contributed by atoms with E-state index in [1.54, 1.807) is 0 Å². The predicted molar refractivity (Wildman–Crippen MR) is 45.4 cm³/mol. The smallest absolute Gasteiger partial charge is 0.231 e. The predicted octanol–water partition coefficient (Wildman–Crippen LogP) is -0.776. The van der Waals surface area contributed by atoms with Crippen LogP contribution in [0.5, 0.6) is 0 Å². The Bertz CT molecular complexity index is 166. The van der Waals surface area contributed by atoms with Gasteiger partial charge in [0, 0.05) is 13.2 Å². The average Bonchev–Trinajstić information content (AvgIpc) is 2.69. The normalized spacial score (nSPS) is 19.1. The number of aliphatic hydroxyl groups excluding tert-OH is 1. The van der Waals surface area contributed by atoms with Gasteiger partial charge < -0.3 is 16.2 Å². The molecule has 1 amide bonds. The van der Waals surface area contributed by atoms with Crippen LogP contribution in [0.4, 0.5) is 0 Å². The molecule has 1 fully saturated rings. The van der Waals surface area contributed by atoms with E-state index in [0.29, 0.717) is 0 Å². The molecule has 0 saturated heterocycles. The highest BCUT2D eigenvalue weighted by molar-refractivity contribution is 5.75. The summed E-state index contributed by atoms with van der Waals surface area (Å²) in [6.45, 7) is 1.28. The molecule has 0 heterocycles. The molecule has 0 atom stereocenters. The molecule has 0 aromatic rings. The second-order valence-electron chi connectivity index (χ2n) is 3.54. The van der Waals surface area contributed by atoms with Crippen molar-refractivity contribution in [2.45, 2.75) is 19.3 Å². The largest absolute Gasteiger partial charge is 0.396 e. The molecular formula is C8H16N2O2. The maximum Gasteiger partial charge on any atom is 0.231 e. The van der Waals surface area contributed by atoms with Crippen LogP contribution in [0.1, 0.15) is 19.3 Å². The molecule has 4 N–H and O–H groups in total. The quantitative estimate of drug-likeness (QED) is 0.492. The monoisotopic (exact) mass is 172 g/mol. The molecule has 70 valence electrons. The molecule has 0 aromatic carbocycles. The Balaban J connectivity index is 2.09. The summed E-state index contributed by atoms with van der Waals surface area (Å²) in [6.07, 6.45) is 3.14. The van der Waals surface area contributed by atoms with Gasteiger partial charge in [-0.3, -0.25) is 4.79 Å². The highest BCUT2D eigenvalue weighted by Gasteiger charge is 2.41. The van der Waals surface area contributed by atoms with Crippen LogP contribution in [0.3, 0.4) is 0 Å². The fourth-order valence-electron chi connectivity index (χ4n) is 1.38. The minimum Gasteiger partial charge on any atom is -0.396 e. The number of primary amides is 1. The average molecular weight is 172 g/mol. The van der Waals surface area contributed by atoms with E-state index in [-0.39, 0.29) is 24.5 Å². The van der Waals surface area contributed by atoms with E-state index in [4.69, 9.17) is 10.8 Å². The molecule has 1 saturated carbocycles. The molecule has 0 radical (unpaired) electrons. The third-order valence-electron chi connectivity index (χ3n) is 2.40. The lowest BCUT2D eigenvalue weighted by molar-refractivity contribution is -0.117. The van der Waals surface area contributed by atoms with E-state index in [0.717, 1.165) is 25.8 Å². The van der Waals surface area contributed by atoms with Crippen molar-refractivity contribution in [2.24, 2.45) is 11.1 Å². The maximum absolute atomic E-state index is 10.4. The van der Waals surface area contributed by atoms with Crippen molar-refractivity contribution in [3.05, 3.63) is 0 Å². The molecule has 0 spiro atoms. The first kappa shape index (κ1) is 9.48. The zero-order valence-electron chi connectivity index (χ0n) is 7.18. The van der Waals surface area contributed by atoms with Crippen molar-refractivity contribution >= 4 is 5.91 Å². The standard InChI is InChI=1S/C8H16N2O2/c9-7(12)5-10-6-8(1-2-8)3-4-11/h10-11H,1-6H2,(H2,9,12). The summed E-state index contributed by atoms with van der Waals surface area (Å²) in [6, 6.07) is 0. The second-order valence-corrected chi connectivity index (χ2v) is 3.54. The number of carbonyl (C=O) groups excluding carboxylic acids is 1. The SMILES string of the molecule is NC(=O)CNCC1(CCO)CC1. The number of nitrogens with one attached hydrogen (secondary N) is 1. The molecule has 0 aliphatic heterocycles. The van der Waals surface area contributed by atoms with Crippen LogP contribution in [-0.4, -0.2) is 30.7 Å². The fraction of sp³-hybridized carbons (Fsp3) is 0.875. The molecule has 4 nitrogen and oxygen atoms in total. The minimum atomic E-state index is -0.324. The Labute approximate surface area is 72.1 Å². The van der Waals surface area contributed by atoms with Gasteiger partial charge >= 0.3 is 0 Å². The number of nitrogens with two attached hydrogens (primary N) is 1. The van der Waals surface area contributed by atoms with Gasteiger partial charge in [0.1, 0.15) is 0 Å². The Morgan fingerprint density at radius 1 is 1.58 bits per heavy atom. The number of carbonyl (C=O) groups is 1. The lowest BCUT2D eigenvalue weighted by Crippen LogP contribution is -2.33. The van der Waals surface area contributed by atoms with Gasteiger partial charge in [-0.15, -0.1) is 0 Å². The molecule has 0 aromatic heterocycles. The Morgan fingerprint density at radius 2 is 2.25 bits per heavy atom.